The van der Waals surface area contributed by atoms with Gasteiger partial charge in [-0.05, 0) is 37.1 Å². The number of Topliss-reactive ketones (excluding diaryl/α,β-unsaturated/α-hetero) is 1. The van der Waals surface area contributed by atoms with Gasteiger partial charge in [0, 0.05) is 23.1 Å². The summed E-state index contributed by atoms with van der Waals surface area (Å²) in [7, 11) is 1.26. The number of amides is 2. The number of anilines is 3. The smallest absolute Gasteiger partial charge is 0.410 e. The first-order valence-corrected chi connectivity index (χ1v) is 10.8. The molecule has 10 heteroatoms. The Labute approximate surface area is 194 Å². The largest absolute Gasteiger partial charge is 0.453 e. The van der Waals surface area contributed by atoms with Gasteiger partial charge in [-0.15, -0.1) is 0 Å². The molecule has 1 aliphatic carbocycles. The number of pyridine rings is 1. The number of fused-ring (bicyclic) bond motifs is 1. The highest BCUT2D eigenvalue weighted by Gasteiger charge is 2.51. The third-order valence-electron chi connectivity index (χ3n) is 5.90. The Morgan fingerprint density at radius 2 is 1.94 bits per heavy atom. The van der Waals surface area contributed by atoms with Gasteiger partial charge in [0.15, 0.2) is 11.5 Å². The number of rotatable bonds is 5. The Hall–Kier alpha value is -4.21. The fourth-order valence-corrected chi connectivity index (χ4v) is 3.96. The second-order valence-corrected chi connectivity index (χ2v) is 8.32. The van der Waals surface area contributed by atoms with E-state index in [0.29, 0.717) is 28.2 Å². The standard InChI is InChI=1S/C24H22FN5O4/c1-34-23(33)30-12-16-19(17(31)13-30)21(27-15-5-3-2-4-6-15)20(28-16)14-7-10-26-18(11-14)29-22(32)24(25)8-9-24/h2-7,10-11,27-28H,8-9,12-13H2,1H3,(H,26,29,32). The van der Waals surface area contributed by atoms with Gasteiger partial charge in [0.25, 0.3) is 5.91 Å². The van der Waals surface area contributed by atoms with Crippen LogP contribution in [-0.4, -0.2) is 52.0 Å². The summed E-state index contributed by atoms with van der Waals surface area (Å²) in [5.74, 6) is -0.759. The Morgan fingerprint density at radius 3 is 2.65 bits per heavy atom. The minimum absolute atomic E-state index is 0.114. The lowest BCUT2D eigenvalue weighted by atomic mass is 10.0. The van der Waals surface area contributed by atoms with E-state index in [0.717, 1.165) is 5.69 Å². The minimum Gasteiger partial charge on any atom is -0.453 e. The zero-order valence-electron chi connectivity index (χ0n) is 18.4. The van der Waals surface area contributed by atoms with E-state index in [2.05, 4.69) is 20.6 Å². The van der Waals surface area contributed by atoms with Crippen molar-refractivity contribution in [1.29, 1.82) is 0 Å². The molecule has 1 aliphatic heterocycles. The number of aromatic amines is 1. The first-order chi connectivity index (χ1) is 16.4. The Morgan fingerprint density at radius 1 is 1.18 bits per heavy atom. The highest BCUT2D eigenvalue weighted by molar-refractivity contribution is 6.09. The molecule has 5 rings (SSSR count). The molecule has 0 atom stereocenters. The number of benzene rings is 1. The van der Waals surface area contributed by atoms with Crippen molar-refractivity contribution >= 4 is 35.0 Å². The van der Waals surface area contributed by atoms with E-state index < -0.39 is 17.7 Å². The second kappa shape index (κ2) is 8.29. The van der Waals surface area contributed by atoms with Crippen LogP contribution >= 0.6 is 0 Å². The fourth-order valence-electron chi connectivity index (χ4n) is 3.96. The number of para-hydroxylation sites is 1. The lowest BCUT2D eigenvalue weighted by Crippen LogP contribution is -2.39. The SMILES string of the molecule is COC(=O)N1CC(=O)c2c([nH]c(-c3ccnc(NC(=O)C4(F)CC4)c3)c2Nc2ccccc2)C1. The normalized spacial score (nSPS) is 15.9. The topological polar surface area (TPSA) is 116 Å². The number of ether oxygens (including phenoxy) is 1. The lowest BCUT2D eigenvalue weighted by Gasteiger charge is -2.25. The number of hydrogen-bond acceptors (Lipinski definition) is 6. The van der Waals surface area contributed by atoms with Crippen LogP contribution in [0.15, 0.2) is 48.7 Å². The van der Waals surface area contributed by atoms with Gasteiger partial charge in [-0.1, -0.05) is 18.2 Å². The van der Waals surface area contributed by atoms with Crippen LogP contribution < -0.4 is 10.6 Å². The molecule has 1 aromatic carbocycles. The van der Waals surface area contributed by atoms with Gasteiger partial charge in [-0.2, -0.15) is 0 Å². The summed E-state index contributed by atoms with van der Waals surface area (Å²) in [4.78, 5) is 46.0. The molecule has 3 heterocycles. The minimum atomic E-state index is -1.83. The summed E-state index contributed by atoms with van der Waals surface area (Å²) >= 11 is 0. The number of nitrogens with zero attached hydrogens (tertiary/aromatic N) is 2. The van der Waals surface area contributed by atoms with Crippen LogP contribution in [-0.2, 0) is 16.1 Å². The van der Waals surface area contributed by atoms with Crippen molar-refractivity contribution in [2.45, 2.75) is 25.1 Å². The summed E-state index contributed by atoms with van der Waals surface area (Å²) in [5, 5.41) is 5.84. The molecule has 2 aromatic heterocycles. The van der Waals surface area contributed by atoms with Crippen molar-refractivity contribution < 1.29 is 23.5 Å². The maximum atomic E-state index is 14.1. The number of carbonyl (C=O) groups is 3. The van der Waals surface area contributed by atoms with Gasteiger partial charge in [0.1, 0.15) is 5.82 Å². The number of halogens is 1. The Balaban J connectivity index is 1.55. The quantitative estimate of drug-likeness (QED) is 0.526. The third kappa shape index (κ3) is 3.98. The molecule has 2 amide bonds. The van der Waals surface area contributed by atoms with Crippen LogP contribution in [0.3, 0.4) is 0 Å². The summed E-state index contributed by atoms with van der Waals surface area (Å²) in [5.41, 5.74) is 1.69. The predicted molar refractivity (Wildman–Crippen MR) is 123 cm³/mol. The van der Waals surface area contributed by atoms with Crippen LogP contribution in [0.5, 0.6) is 0 Å². The summed E-state index contributed by atoms with van der Waals surface area (Å²) in [6, 6.07) is 12.7. The van der Waals surface area contributed by atoms with Gasteiger partial charge >= 0.3 is 6.09 Å². The van der Waals surface area contributed by atoms with E-state index in [-0.39, 0.29) is 37.5 Å². The molecule has 0 radical (unpaired) electrons. The maximum absolute atomic E-state index is 14.1. The number of alkyl halides is 1. The fraction of sp³-hybridized carbons (Fsp3) is 0.250. The molecule has 34 heavy (non-hydrogen) atoms. The molecular weight excluding hydrogens is 441 g/mol. The second-order valence-electron chi connectivity index (χ2n) is 8.32. The van der Waals surface area contributed by atoms with E-state index in [1.165, 1.54) is 18.2 Å². The molecule has 9 nitrogen and oxygen atoms in total. The molecule has 0 unspecified atom stereocenters. The molecular formula is C24H22FN5O4. The molecule has 0 saturated heterocycles. The highest BCUT2D eigenvalue weighted by Crippen LogP contribution is 2.41. The van der Waals surface area contributed by atoms with Crippen LogP contribution in [0, 0.1) is 0 Å². The van der Waals surface area contributed by atoms with Gasteiger partial charge in [-0.25, -0.2) is 14.2 Å². The number of nitrogens with one attached hydrogen (secondary N) is 3. The van der Waals surface area contributed by atoms with Crippen molar-refractivity contribution in [3.8, 4) is 11.3 Å². The first-order valence-electron chi connectivity index (χ1n) is 10.8. The monoisotopic (exact) mass is 463 g/mol. The molecule has 3 N–H and O–H groups in total. The summed E-state index contributed by atoms with van der Waals surface area (Å²) in [6.07, 6.45) is 1.30. The Kier molecular flexibility index (Phi) is 5.27. The number of H-pyrrole nitrogens is 1. The molecule has 0 spiro atoms. The number of methoxy groups -OCH3 is 1. The number of carbonyl (C=O) groups excluding carboxylic acids is 3. The van der Waals surface area contributed by atoms with Crippen molar-refractivity contribution in [1.82, 2.24) is 14.9 Å². The van der Waals surface area contributed by atoms with E-state index in [4.69, 9.17) is 4.74 Å². The van der Waals surface area contributed by atoms with Gasteiger partial charge in [0.2, 0.25) is 0 Å². The molecule has 1 saturated carbocycles. The Bertz CT molecular complexity index is 1290. The van der Waals surface area contributed by atoms with Crippen molar-refractivity contribution in [2.75, 3.05) is 24.3 Å². The zero-order chi connectivity index (χ0) is 23.9. The van der Waals surface area contributed by atoms with Crippen LogP contribution in [0.25, 0.3) is 11.3 Å². The maximum Gasteiger partial charge on any atom is 0.410 e. The van der Waals surface area contributed by atoms with Gasteiger partial charge < -0.3 is 20.4 Å². The van der Waals surface area contributed by atoms with Crippen LogP contribution in [0.1, 0.15) is 28.9 Å². The summed E-state index contributed by atoms with van der Waals surface area (Å²) < 4.78 is 18.9. The molecule has 0 bridgehead atoms. The van der Waals surface area contributed by atoms with Crippen molar-refractivity contribution in [2.24, 2.45) is 0 Å². The van der Waals surface area contributed by atoms with E-state index in [1.54, 1.807) is 12.1 Å². The van der Waals surface area contributed by atoms with Gasteiger partial charge in [0.05, 0.1) is 37.1 Å². The molecule has 3 aromatic rings. The van der Waals surface area contributed by atoms with Crippen molar-refractivity contribution in [3.05, 3.63) is 59.9 Å². The lowest BCUT2D eigenvalue weighted by molar-refractivity contribution is -0.122. The van der Waals surface area contributed by atoms with Gasteiger partial charge in [-0.3, -0.25) is 14.5 Å². The highest BCUT2D eigenvalue weighted by atomic mass is 19.1. The van der Waals surface area contributed by atoms with E-state index >= 15 is 0 Å². The van der Waals surface area contributed by atoms with Crippen LogP contribution in [0.2, 0.25) is 0 Å². The van der Waals surface area contributed by atoms with E-state index in [9.17, 15) is 18.8 Å². The number of ketones is 1. The molecule has 1 fully saturated rings. The summed E-state index contributed by atoms with van der Waals surface area (Å²) in [6.45, 7) is 0.0485. The number of hydrogen-bond donors (Lipinski definition) is 3. The average Bonchev–Trinajstić information content (AvgIpc) is 3.50. The zero-order valence-corrected chi connectivity index (χ0v) is 18.4. The third-order valence-corrected chi connectivity index (χ3v) is 5.90. The predicted octanol–water partition coefficient (Wildman–Crippen LogP) is 4.03. The molecule has 174 valence electrons. The number of aromatic nitrogens is 2. The van der Waals surface area contributed by atoms with Crippen molar-refractivity contribution in [3.63, 3.8) is 0 Å². The first kappa shape index (κ1) is 21.6. The average molecular weight is 463 g/mol. The van der Waals surface area contributed by atoms with E-state index in [1.807, 2.05) is 30.3 Å². The van der Waals surface area contributed by atoms with Crippen LogP contribution in [0.4, 0.5) is 26.4 Å². The molecule has 2 aliphatic rings.